The molecule has 0 spiro atoms. The van der Waals surface area contributed by atoms with Crippen LogP contribution in [0.1, 0.15) is 84.6 Å². The minimum atomic E-state index is -1.41. The van der Waals surface area contributed by atoms with Crippen LogP contribution in [0.15, 0.2) is 18.2 Å². The molecule has 122 valence electrons. The van der Waals surface area contributed by atoms with Gasteiger partial charge in [0.25, 0.3) is 0 Å². The molecule has 0 aliphatic heterocycles. The minimum Gasteiger partial charge on any atom is -0.545 e. The van der Waals surface area contributed by atoms with Crippen molar-refractivity contribution in [2.45, 2.75) is 64.7 Å². The minimum absolute atomic E-state index is 0. The Labute approximate surface area is 160 Å². The maximum Gasteiger partial charge on any atom is 1.00 e. The second-order valence-electron chi connectivity index (χ2n) is 5.66. The van der Waals surface area contributed by atoms with Crippen molar-refractivity contribution in [1.82, 2.24) is 0 Å². The number of rotatable bonds is 11. The molecule has 1 N–H and O–H groups in total. The zero-order chi connectivity index (χ0) is 16.4. The Hall–Kier alpha value is -0.840. The number of hydrogen-bond donors (Lipinski definition) is 1. The number of carboxylic acid groups (broad SMARTS) is 2. The van der Waals surface area contributed by atoms with E-state index in [1.807, 2.05) is 0 Å². The molecular formula is C18H25NaO4. The van der Waals surface area contributed by atoms with Crippen molar-refractivity contribution in [3.05, 3.63) is 34.9 Å². The van der Waals surface area contributed by atoms with E-state index >= 15 is 0 Å². The largest absolute Gasteiger partial charge is 1.00 e. The standard InChI is InChI=1S/C18H26O4.Na/c1-2-3-4-5-6-7-8-9-11-14-12-10-13-15(17(19)20)16(14)18(21)22;/h10,12-13H,2-9,11H2,1H3,(H,19,20)(H,21,22);/q;+1/p-1. The Morgan fingerprint density at radius 2 is 1.57 bits per heavy atom. The molecule has 0 aliphatic carbocycles. The molecule has 0 saturated heterocycles. The van der Waals surface area contributed by atoms with Gasteiger partial charge in [0.15, 0.2) is 0 Å². The fourth-order valence-corrected chi connectivity index (χ4v) is 2.68. The third-order valence-electron chi connectivity index (χ3n) is 3.88. The summed E-state index contributed by atoms with van der Waals surface area (Å²) in [7, 11) is 0. The summed E-state index contributed by atoms with van der Waals surface area (Å²) >= 11 is 0. The Kier molecular flexibility index (Phi) is 12.1. The summed E-state index contributed by atoms with van der Waals surface area (Å²) in [4.78, 5) is 22.3. The van der Waals surface area contributed by atoms with Crippen LogP contribution in [-0.4, -0.2) is 17.0 Å². The molecule has 0 amide bonds. The van der Waals surface area contributed by atoms with Crippen LogP contribution in [0.25, 0.3) is 0 Å². The molecule has 0 heterocycles. The molecule has 23 heavy (non-hydrogen) atoms. The number of aryl methyl sites for hydroxylation is 1. The van der Waals surface area contributed by atoms with Crippen LogP contribution in [0.4, 0.5) is 0 Å². The molecule has 0 aromatic heterocycles. The van der Waals surface area contributed by atoms with Gasteiger partial charge >= 0.3 is 35.5 Å². The quantitative estimate of drug-likeness (QED) is 0.472. The summed E-state index contributed by atoms with van der Waals surface area (Å²) in [6, 6.07) is 4.58. The van der Waals surface area contributed by atoms with Crippen molar-refractivity contribution in [2.24, 2.45) is 0 Å². The first kappa shape index (κ1) is 22.2. The summed E-state index contributed by atoms with van der Waals surface area (Å²) in [5, 5.41) is 20.3. The van der Waals surface area contributed by atoms with Crippen LogP contribution in [0, 0.1) is 0 Å². The van der Waals surface area contributed by atoms with Crippen molar-refractivity contribution in [1.29, 1.82) is 0 Å². The number of carbonyl (C=O) groups is 2. The summed E-state index contributed by atoms with van der Waals surface area (Å²) in [5.41, 5.74) is 0.209. The van der Waals surface area contributed by atoms with Crippen LogP contribution >= 0.6 is 0 Å². The Morgan fingerprint density at radius 1 is 1.00 bits per heavy atom. The zero-order valence-corrected chi connectivity index (χ0v) is 16.3. The van der Waals surface area contributed by atoms with Crippen LogP contribution in [0.3, 0.4) is 0 Å². The monoisotopic (exact) mass is 328 g/mol. The number of hydrogen-bond acceptors (Lipinski definition) is 3. The first-order valence-corrected chi connectivity index (χ1v) is 8.14. The summed E-state index contributed by atoms with van der Waals surface area (Å²) in [5.74, 6) is -2.63. The van der Waals surface area contributed by atoms with Crippen molar-refractivity contribution < 1.29 is 49.4 Å². The molecule has 0 saturated carbocycles. The van der Waals surface area contributed by atoms with Gasteiger partial charge in [-0.05, 0) is 24.5 Å². The third kappa shape index (κ3) is 8.00. The SMILES string of the molecule is CCCCCCCCCCc1cccc(C(=O)O)c1C(=O)[O-].[Na+]. The normalized spacial score (nSPS) is 10.1. The smallest absolute Gasteiger partial charge is 0.545 e. The molecule has 0 radical (unpaired) electrons. The zero-order valence-electron chi connectivity index (χ0n) is 14.3. The van der Waals surface area contributed by atoms with Gasteiger partial charge in [0.1, 0.15) is 0 Å². The Morgan fingerprint density at radius 3 is 2.09 bits per heavy atom. The molecule has 0 atom stereocenters. The van der Waals surface area contributed by atoms with E-state index in [0.717, 1.165) is 19.3 Å². The number of aromatic carboxylic acids is 2. The first-order valence-electron chi connectivity index (χ1n) is 8.14. The molecule has 4 nitrogen and oxygen atoms in total. The van der Waals surface area contributed by atoms with Gasteiger partial charge in [0.05, 0.1) is 11.5 Å². The van der Waals surface area contributed by atoms with E-state index in [2.05, 4.69) is 6.92 Å². The van der Waals surface area contributed by atoms with Crippen LogP contribution < -0.4 is 34.7 Å². The average Bonchev–Trinajstić information content (AvgIpc) is 2.49. The predicted molar refractivity (Wildman–Crippen MR) is 84.0 cm³/mol. The van der Waals surface area contributed by atoms with E-state index < -0.39 is 11.9 Å². The van der Waals surface area contributed by atoms with Crippen molar-refractivity contribution in [3.63, 3.8) is 0 Å². The van der Waals surface area contributed by atoms with Gasteiger partial charge in [-0.3, -0.25) is 0 Å². The topological polar surface area (TPSA) is 77.4 Å². The summed E-state index contributed by atoms with van der Waals surface area (Å²) < 4.78 is 0. The molecular weight excluding hydrogens is 303 g/mol. The molecule has 0 aliphatic rings. The molecule has 0 fully saturated rings. The fourth-order valence-electron chi connectivity index (χ4n) is 2.68. The maximum absolute atomic E-state index is 11.2. The molecule has 1 aromatic carbocycles. The van der Waals surface area contributed by atoms with Gasteiger partial charge in [-0.25, -0.2) is 4.79 Å². The van der Waals surface area contributed by atoms with E-state index in [4.69, 9.17) is 5.11 Å². The van der Waals surface area contributed by atoms with Gasteiger partial charge in [-0.1, -0.05) is 64.0 Å². The van der Waals surface area contributed by atoms with E-state index in [-0.39, 0.29) is 40.7 Å². The molecule has 1 rings (SSSR count). The summed E-state index contributed by atoms with van der Waals surface area (Å²) in [6.07, 6.45) is 9.92. The molecule has 5 heteroatoms. The maximum atomic E-state index is 11.2. The third-order valence-corrected chi connectivity index (χ3v) is 3.88. The van der Waals surface area contributed by atoms with E-state index in [1.54, 1.807) is 12.1 Å². The van der Waals surface area contributed by atoms with Gasteiger partial charge in [0, 0.05) is 5.56 Å². The van der Waals surface area contributed by atoms with Gasteiger partial charge in [-0.15, -0.1) is 0 Å². The molecule has 0 unspecified atom stereocenters. The number of carbonyl (C=O) groups excluding carboxylic acids is 1. The van der Waals surface area contributed by atoms with E-state index in [1.165, 1.54) is 38.2 Å². The van der Waals surface area contributed by atoms with Crippen LogP contribution in [0.5, 0.6) is 0 Å². The Bertz CT molecular complexity index is 500. The number of benzene rings is 1. The van der Waals surface area contributed by atoms with Crippen molar-refractivity contribution in [2.75, 3.05) is 0 Å². The number of unbranched alkanes of at least 4 members (excludes halogenated alkanes) is 7. The summed E-state index contributed by atoms with van der Waals surface area (Å²) in [6.45, 7) is 2.19. The Balaban J connectivity index is 0.00000484. The second kappa shape index (κ2) is 12.6. The number of carboxylic acids is 2. The first-order chi connectivity index (χ1) is 10.6. The van der Waals surface area contributed by atoms with Crippen molar-refractivity contribution >= 4 is 11.9 Å². The van der Waals surface area contributed by atoms with Gasteiger partial charge in [-0.2, -0.15) is 0 Å². The van der Waals surface area contributed by atoms with Crippen LogP contribution in [0.2, 0.25) is 0 Å². The van der Waals surface area contributed by atoms with E-state index in [0.29, 0.717) is 12.0 Å². The van der Waals surface area contributed by atoms with Gasteiger partial charge < -0.3 is 15.0 Å². The van der Waals surface area contributed by atoms with E-state index in [9.17, 15) is 14.7 Å². The van der Waals surface area contributed by atoms with Crippen molar-refractivity contribution in [3.8, 4) is 0 Å². The van der Waals surface area contributed by atoms with Gasteiger partial charge in [0.2, 0.25) is 0 Å². The molecule has 0 bridgehead atoms. The predicted octanol–water partition coefficient (Wildman–Crippen LogP) is 0.436. The average molecular weight is 328 g/mol. The molecule has 1 aromatic rings. The fraction of sp³-hybridized carbons (Fsp3) is 0.556. The second-order valence-corrected chi connectivity index (χ2v) is 5.66. The van der Waals surface area contributed by atoms with Crippen LogP contribution in [-0.2, 0) is 6.42 Å².